The van der Waals surface area contributed by atoms with Crippen molar-refractivity contribution in [2.24, 2.45) is 5.73 Å². The van der Waals surface area contributed by atoms with Gasteiger partial charge in [0.15, 0.2) is 0 Å². The predicted molar refractivity (Wildman–Crippen MR) is 31.8 cm³/mol. The molecule has 0 unspecified atom stereocenters. The summed E-state index contributed by atoms with van der Waals surface area (Å²) in [4.78, 5) is 9.96. The van der Waals surface area contributed by atoms with Crippen molar-refractivity contribution in [2.75, 3.05) is 6.54 Å². The molecule has 1 amide bonds. The number of hydrogen-bond donors (Lipinski definition) is 2. The second kappa shape index (κ2) is 4.14. The van der Waals surface area contributed by atoms with Gasteiger partial charge in [0.05, 0.1) is 0 Å². The Morgan fingerprint density at radius 3 is 2.57 bits per heavy atom. The molecule has 0 aromatic heterocycles. The molecule has 0 bridgehead atoms. The van der Waals surface area contributed by atoms with Crippen LogP contribution < -0.4 is 10.0 Å². The Morgan fingerprint density at radius 2 is 2.43 bits per heavy atom. The fourth-order valence-corrected chi connectivity index (χ4v) is 0.773. The number of primary amides is 1. The van der Waals surface area contributed by atoms with Crippen molar-refractivity contribution in [1.29, 1.82) is 0 Å². The van der Waals surface area contributed by atoms with Crippen molar-refractivity contribution in [3.63, 3.8) is 0 Å². The minimum atomic E-state index is -0.225. The standard InChI is InChI=1S/C3H10GeN2O/c4-6-2-1-3(5)7/h6H,1-2H2,4H3,(H2,5,7). The monoisotopic (exact) mass is 164 g/mol. The quantitative estimate of drug-likeness (QED) is 0.460. The second-order valence-electron chi connectivity index (χ2n) is 1.32. The van der Waals surface area contributed by atoms with E-state index in [0.717, 1.165) is 6.54 Å². The number of rotatable bonds is 3. The molecule has 0 saturated carbocycles. The van der Waals surface area contributed by atoms with Gasteiger partial charge in [-0.15, -0.1) is 0 Å². The first-order chi connectivity index (χ1) is 3.27. The van der Waals surface area contributed by atoms with Gasteiger partial charge in [0.2, 0.25) is 0 Å². The van der Waals surface area contributed by atoms with E-state index in [1.807, 2.05) is 0 Å². The predicted octanol–water partition coefficient (Wildman–Crippen LogP) is -2.27. The first kappa shape index (κ1) is 6.97. The summed E-state index contributed by atoms with van der Waals surface area (Å²) < 4.78 is 2.99. The molecule has 7 heavy (non-hydrogen) atoms. The molecule has 0 atom stereocenters. The molecule has 0 aromatic rings. The molecular weight excluding hydrogens is 153 g/mol. The molecule has 4 heteroatoms. The summed E-state index contributed by atoms with van der Waals surface area (Å²) in [7, 11) is 0. The van der Waals surface area contributed by atoms with Gasteiger partial charge in [-0.3, -0.25) is 0 Å². The van der Waals surface area contributed by atoms with Crippen LogP contribution in [0.15, 0.2) is 0 Å². The third-order valence-electron chi connectivity index (χ3n) is 0.621. The van der Waals surface area contributed by atoms with Crippen LogP contribution in [0.3, 0.4) is 0 Å². The van der Waals surface area contributed by atoms with Gasteiger partial charge in [0.1, 0.15) is 0 Å². The number of nitrogens with two attached hydrogens (primary N) is 1. The molecule has 0 rings (SSSR count). The first-order valence-corrected chi connectivity index (χ1v) is 4.30. The van der Waals surface area contributed by atoms with E-state index in [9.17, 15) is 4.79 Å². The van der Waals surface area contributed by atoms with Gasteiger partial charge in [-0.25, -0.2) is 0 Å². The van der Waals surface area contributed by atoms with E-state index in [1.165, 1.54) is 0 Å². The Bertz CT molecular complexity index is 66.0. The zero-order valence-electron chi connectivity index (χ0n) is 4.40. The number of hydrogen-bond acceptors (Lipinski definition) is 2. The van der Waals surface area contributed by atoms with Crippen molar-refractivity contribution in [2.45, 2.75) is 6.42 Å². The molecule has 0 aliphatic heterocycles. The van der Waals surface area contributed by atoms with Crippen LogP contribution in [0.4, 0.5) is 0 Å². The summed E-state index contributed by atoms with van der Waals surface area (Å²) in [5.41, 5.74) is 4.82. The molecule has 0 fully saturated rings. The maximum absolute atomic E-state index is 9.96. The maximum atomic E-state index is 9.96. The summed E-state index contributed by atoms with van der Waals surface area (Å²) in [5, 5.41) is 0. The summed E-state index contributed by atoms with van der Waals surface area (Å²) in [6.45, 7) is 0.759. The average Bonchev–Trinajstić information content (AvgIpc) is 1.61. The van der Waals surface area contributed by atoms with Crippen molar-refractivity contribution in [3.8, 4) is 0 Å². The Balaban J connectivity index is 2.82. The molecule has 0 aromatic carbocycles. The van der Waals surface area contributed by atoms with E-state index >= 15 is 0 Å². The normalized spacial score (nSPS) is 9.14. The van der Waals surface area contributed by atoms with E-state index in [4.69, 9.17) is 5.73 Å². The van der Waals surface area contributed by atoms with Crippen LogP contribution in [0, 0.1) is 0 Å². The summed E-state index contributed by atoms with van der Waals surface area (Å²) >= 11 is 0.641. The van der Waals surface area contributed by atoms with Gasteiger partial charge in [-0.2, -0.15) is 0 Å². The van der Waals surface area contributed by atoms with Crippen LogP contribution in [0.2, 0.25) is 0 Å². The van der Waals surface area contributed by atoms with Crippen LogP contribution in [0.1, 0.15) is 6.42 Å². The number of nitrogens with one attached hydrogen (secondary N) is 1. The summed E-state index contributed by atoms with van der Waals surface area (Å²) in [6.07, 6.45) is 0.474. The van der Waals surface area contributed by atoms with Gasteiger partial charge in [-0.1, -0.05) is 0 Å². The van der Waals surface area contributed by atoms with E-state index in [2.05, 4.69) is 4.27 Å². The zero-order valence-corrected chi connectivity index (χ0v) is 8.60. The average molecular weight is 163 g/mol. The molecule has 0 heterocycles. The van der Waals surface area contributed by atoms with Gasteiger partial charge in [0.25, 0.3) is 0 Å². The molecule has 3 nitrogen and oxygen atoms in total. The molecule has 3 N–H and O–H groups in total. The molecular formula is C3H10GeN2O. The number of carbonyl (C=O) groups is 1. The van der Waals surface area contributed by atoms with E-state index in [1.54, 1.807) is 0 Å². The SMILES string of the molecule is NC(=O)CC[NH][GeH3]. The van der Waals surface area contributed by atoms with Crippen molar-refractivity contribution in [1.82, 2.24) is 4.27 Å². The Morgan fingerprint density at radius 1 is 1.86 bits per heavy atom. The number of carbonyl (C=O) groups excluding carboxylic acids is 1. The van der Waals surface area contributed by atoms with Crippen LogP contribution in [-0.2, 0) is 4.79 Å². The zero-order chi connectivity index (χ0) is 5.70. The van der Waals surface area contributed by atoms with Crippen LogP contribution in [0.5, 0.6) is 0 Å². The fourth-order valence-electron chi connectivity index (χ4n) is 0.248. The van der Waals surface area contributed by atoms with Gasteiger partial charge in [-0.05, 0) is 0 Å². The van der Waals surface area contributed by atoms with Crippen LogP contribution >= 0.6 is 0 Å². The van der Waals surface area contributed by atoms with Gasteiger partial charge < -0.3 is 0 Å². The number of amides is 1. The molecule has 0 spiro atoms. The fraction of sp³-hybridized carbons (Fsp3) is 0.667. The van der Waals surface area contributed by atoms with Gasteiger partial charge in [0, 0.05) is 0 Å². The van der Waals surface area contributed by atoms with Crippen LogP contribution in [-0.4, -0.2) is 29.2 Å². The molecule has 0 saturated heterocycles. The van der Waals surface area contributed by atoms with E-state index < -0.39 is 0 Å². The Hall–Kier alpha value is -0.0271. The van der Waals surface area contributed by atoms with Gasteiger partial charge >= 0.3 is 50.4 Å². The molecule has 0 aliphatic rings. The van der Waals surface area contributed by atoms with E-state index in [-0.39, 0.29) is 5.91 Å². The van der Waals surface area contributed by atoms with Crippen molar-refractivity contribution < 1.29 is 4.79 Å². The second-order valence-corrected chi connectivity index (χ2v) is 2.80. The molecule has 0 aliphatic carbocycles. The van der Waals surface area contributed by atoms with Crippen LogP contribution in [0.25, 0.3) is 0 Å². The minimum absolute atomic E-state index is 0.225. The molecule has 42 valence electrons. The Kier molecular flexibility index (Phi) is 4.12. The summed E-state index contributed by atoms with van der Waals surface area (Å²) in [6, 6.07) is 0. The Labute approximate surface area is 51.1 Å². The third-order valence-corrected chi connectivity index (χ3v) is 1.67. The van der Waals surface area contributed by atoms with E-state index in [0.29, 0.717) is 23.2 Å². The van der Waals surface area contributed by atoms with Crippen molar-refractivity contribution in [3.05, 3.63) is 0 Å². The topological polar surface area (TPSA) is 55.1 Å². The summed E-state index contributed by atoms with van der Waals surface area (Å²) in [5.74, 6) is -0.225. The first-order valence-electron chi connectivity index (χ1n) is 2.20. The molecule has 0 radical (unpaired) electrons. The van der Waals surface area contributed by atoms with Crippen molar-refractivity contribution >= 4 is 22.6 Å². The third kappa shape index (κ3) is 5.97.